The number of aliphatic hydroxyl groups excluding tert-OH is 1. The second-order valence-corrected chi connectivity index (χ2v) is 11.9. The van der Waals surface area contributed by atoms with Crippen molar-refractivity contribution in [3.63, 3.8) is 0 Å². The standard InChI is InChI=1S/C34H33N3O5/c1-33-16-8-18-35(2)30(39)27(33)28-31(40)37(26(21-38)23-11-4-3-5-12-23)29-32(41)36(19-9-17-34(28,29)42-33)25-15-14-22-10-6-7-13-24(22)20-25/h3-17,20,26-29,38H,18-19,21H2,1-2H3/t26-,27-,28+,29?,33+,34+/m1/s1. The van der Waals surface area contributed by atoms with Crippen molar-refractivity contribution in [2.24, 2.45) is 11.8 Å². The van der Waals surface area contributed by atoms with Crippen molar-refractivity contribution in [1.29, 1.82) is 0 Å². The van der Waals surface area contributed by atoms with E-state index in [0.717, 1.165) is 10.8 Å². The molecule has 1 spiro atoms. The number of likely N-dealkylation sites (N-methyl/N-ethyl adjacent to an activating group) is 1. The van der Waals surface area contributed by atoms with E-state index in [4.69, 9.17) is 4.74 Å². The maximum atomic E-state index is 14.8. The molecule has 4 aliphatic rings. The van der Waals surface area contributed by atoms with E-state index in [1.54, 1.807) is 16.8 Å². The van der Waals surface area contributed by atoms with Crippen LogP contribution in [0.1, 0.15) is 18.5 Å². The summed E-state index contributed by atoms with van der Waals surface area (Å²) in [6.45, 7) is 2.12. The van der Waals surface area contributed by atoms with Crippen molar-refractivity contribution in [1.82, 2.24) is 9.80 Å². The smallest absolute Gasteiger partial charge is 0.253 e. The number of carbonyl (C=O) groups excluding carboxylic acids is 3. The molecule has 7 rings (SSSR count). The molecule has 1 unspecified atom stereocenters. The van der Waals surface area contributed by atoms with Crippen molar-refractivity contribution in [2.45, 2.75) is 30.2 Å². The van der Waals surface area contributed by atoms with Crippen LogP contribution in [0.5, 0.6) is 0 Å². The minimum atomic E-state index is -1.40. The molecule has 42 heavy (non-hydrogen) atoms. The van der Waals surface area contributed by atoms with Crippen molar-refractivity contribution in [3.05, 3.63) is 103 Å². The molecule has 0 bridgehead atoms. The van der Waals surface area contributed by atoms with Crippen molar-refractivity contribution in [2.75, 3.05) is 31.6 Å². The lowest BCUT2D eigenvalue weighted by Crippen LogP contribution is -2.57. The second-order valence-electron chi connectivity index (χ2n) is 11.9. The molecule has 0 saturated carbocycles. The molecule has 0 aliphatic carbocycles. The minimum absolute atomic E-state index is 0.199. The number of anilines is 1. The van der Waals surface area contributed by atoms with Gasteiger partial charge in [-0.3, -0.25) is 14.4 Å². The van der Waals surface area contributed by atoms with E-state index < -0.39 is 41.7 Å². The number of hydrogen-bond acceptors (Lipinski definition) is 5. The second kappa shape index (κ2) is 9.64. The Bertz CT molecular complexity index is 1650. The van der Waals surface area contributed by atoms with Crippen LogP contribution < -0.4 is 4.90 Å². The molecule has 4 aliphatic heterocycles. The predicted octanol–water partition coefficient (Wildman–Crippen LogP) is 3.48. The number of rotatable bonds is 4. The molecule has 2 fully saturated rings. The van der Waals surface area contributed by atoms with E-state index in [-0.39, 0.29) is 24.3 Å². The Labute approximate surface area is 244 Å². The van der Waals surface area contributed by atoms with Gasteiger partial charge < -0.3 is 24.5 Å². The van der Waals surface area contributed by atoms with Gasteiger partial charge in [-0.1, -0.05) is 85.0 Å². The van der Waals surface area contributed by atoms with Crippen LogP contribution in [-0.2, 0) is 19.1 Å². The predicted molar refractivity (Wildman–Crippen MR) is 158 cm³/mol. The molecule has 0 radical (unpaired) electrons. The zero-order chi connectivity index (χ0) is 29.2. The average molecular weight is 564 g/mol. The number of likely N-dealkylation sites (tertiary alicyclic amines) is 1. The van der Waals surface area contributed by atoms with Crippen LogP contribution in [-0.4, -0.2) is 76.6 Å². The molecule has 214 valence electrons. The lowest BCUT2D eigenvalue weighted by molar-refractivity contribution is -0.151. The molecular formula is C34H33N3O5. The first-order valence-corrected chi connectivity index (χ1v) is 14.4. The van der Waals surface area contributed by atoms with Crippen molar-refractivity contribution < 1.29 is 24.2 Å². The van der Waals surface area contributed by atoms with Gasteiger partial charge in [0.15, 0.2) is 0 Å². The Morgan fingerprint density at radius 3 is 2.33 bits per heavy atom. The Morgan fingerprint density at radius 1 is 0.857 bits per heavy atom. The largest absolute Gasteiger partial charge is 0.394 e. The normalized spacial score (nSPS) is 31.2. The first kappa shape index (κ1) is 26.6. The third-order valence-corrected chi connectivity index (χ3v) is 9.43. The Balaban J connectivity index is 1.41. The fraction of sp³-hybridized carbons (Fsp3) is 0.324. The van der Waals surface area contributed by atoms with Gasteiger partial charge in [-0.15, -0.1) is 0 Å². The number of aliphatic hydroxyl groups is 1. The number of amides is 3. The quantitative estimate of drug-likeness (QED) is 0.491. The highest BCUT2D eigenvalue weighted by Crippen LogP contribution is 2.58. The lowest BCUT2D eigenvalue weighted by Gasteiger charge is -2.40. The lowest BCUT2D eigenvalue weighted by atomic mass is 9.74. The summed E-state index contributed by atoms with van der Waals surface area (Å²) in [4.78, 5) is 48.2. The van der Waals surface area contributed by atoms with Crippen LogP contribution in [0.15, 0.2) is 97.1 Å². The van der Waals surface area contributed by atoms with Gasteiger partial charge in [0.2, 0.25) is 11.8 Å². The van der Waals surface area contributed by atoms with Gasteiger partial charge in [0.05, 0.1) is 30.1 Å². The first-order chi connectivity index (χ1) is 20.3. The van der Waals surface area contributed by atoms with Gasteiger partial charge in [-0.25, -0.2) is 0 Å². The van der Waals surface area contributed by atoms with Crippen LogP contribution in [0.3, 0.4) is 0 Å². The summed E-state index contributed by atoms with van der Waals surface area (Å²) in [7, 11) is 1.72. The van der Waals surface area contributed by atoms with Crippen molar-refractivity contribution >= 4 is 34.2 Å². The highest BCUT2D eigenvalue weighted by molar-refractivity contribution is 6.07. The summed E-state index contributed by atoms with van der Waals surface area (Å²) in [5.74, 6) is -2.66. The van der Waals surface area contributed by atoms with Crippen LogP contribution in [0.2, 0.25) is 0 Å². The summed E-state index contributed by atoms with van der Waals surface area (Å²) in [6, 6.07) is 21.1. The summed E-state index contributed by atoms with van der Waals surface area (Å²) in [5, 5.41) is 12.8. The van der Waals surface area contributed by atoms with E-state index in [1.165, 1.54) is 4.90 Å². The molecule has 3 aromatic rings. The zero-order valence-corrected chi connectivity index (χ0v) is 23.6. The van der Waals surface area contributed by atoms with Crippen LogP contribution in [0, 0.1) is 11.8 Å². The number of fused-ring (bicyclic) bond motifs is 3. The minimum Gasteiger partial charge on any atom is -0.394 e. The van der Waals surface area contributed by atoms with Crippen LogP contribution in [0.4, 0.5) is 5.69 Å². The average Bonchev–Trinajstić information content (AvgIpc) is 3.28. The van der Waals surface area contributed by atoms with Crippen LogP contribution in [0.25, 0.3) is 10.8 Å². The molecular weight excluding hydrogens is 530 g/mol. The van der Waals surface area contributed by atoms with Gasteiger partial charge in [-0.2, -0.15) is 0 Å². The molecule has 8 nitrogen and oxygen atoms in total. The Hall–Kier alpha value is -4.27. The molecule has 3 aromatic carbocycles. The molecule has 2 saturated heterocycles. The third kappa shape index (κ3) is 3.71. The Morgan fingerprint density at radius 2 is 1.57 bits per heavy atom. The molecule has 0 aromatic heterocycles. The van der Waals surface area contributed by atoms with E-state index in [2.05, 4.69) is 0 Å². The maximum Gasteiger partial charge on any atom is 0.253 e. The van der Waals surface area contributed by atoms with Gasteiger partial charge in [0.25, 0.3) is 5.91 Å². The van der Waals surface area contributed by atoms with E-state index in [1.807, 2.05) is 104 Å². The summed E-state index contributed by atoms with van der Waals surface area (Å²) >= 11 is 0. The molecule has 1 N–H and O–H groups in total. The van der Waals surface area contributed by atoms with E-state index >= 15 is 0 Å². The number of ether oxygens (including phenoxy) is 1. The summed E-state index contributed by atoms with van der Waals surface area (Å²) in [5.41, 5.74) is -1.09. The number of benzene rings is 3. The molecule has 4 heterocycles. The SMILES string of the molecule is CN1CC=C[C@]2(C)O[C@]34C=CCN(c5ccc6ccccc6c5)C(=O)C3N([C@H](CO)c3ccccc3)C(=O)[C@@H]4[C@@H]2C1=O. The molecule has 6 atom stereocenters. The molecule has 8 heteroatoms. The van der Waals surface area contributed by atoms with Crippen LogP contribution >= 0.6 is 0 Å². The van der Waals surface area contributed by atoms with Gasteiger partial charge in [0.1, 0.15) is 11.6 Å². The number of nitrogens with zero attached hydrogens (tertiary/aromatic N) is 3. The van der Waals surface area contributed by atoms with Gasteiger partial charge in [0, 0.05) is 25.8 Å². The molecule has 3 amide bonds. The van der Waals surface area contributed by atoms with Crippen molar-refractivity contribution in [3.8, 4) is 0 Å². The summed E-state index contributed by atoms with van der Waals surface area (Å²) in [6.07, 6.45) is 7.46. The summed E-state index contributed by atoms with van der Waals surface area (Å²) < 4.78 is 6.89. The Kier molecular flexibility index (Phi) is 6.11. The third-order valence-electron chi connectivity index (χ3n) is 9.43. The maximum absolute atomic E-state index is 14.8. The first-order valence-electron chi connectivity index (χ1n) is 14.4. The van der Waals surface area contributed by atoms with Gasteiger partial charge >= 0.3 is 0 Å². The van der Waals surface area contributed by atoms with Gasteiger partial charge in [-0.05, 0) is 35.4 Å². The highest BCUT2D eigenvalue weighted by Gasteiger charge is 2.75. The number of carbonyl (C=O) groups is 3. The van der Waals surface area contributed by atoms with E-state index in [0.29, 0.717) is 17.8 Å². The topological polar surface area (TPSA) is 90.4 Å². The highest BCUT2D eigenvalue weighted by atomic mass is 16.5. The number of hydrogen-bond donors (Lipinski definition) is 1. The van der Waals surface area contributed by atoms with E-state index in [9.17, 15) is 19.5 Å². The zero-order valence-electron chi connectivity index (χ0n) is 23.6. The fourth-order valence-electron chi connectivity index (χ4n) is 7.52. The monoisotopic (exact) mass is 563 g/mol. The fourth-order valence-corrected chi connectivity index (χ4v) is 7.52.